The van der Waals surface area contributed by atoms with Crippen LogP contribution in [0.1, 0.15) is 10.4 Å². The molecule has 0 radical (unpaired) electrons. The number of aliphatic hydroxyl groups excluding tert-OH is 1. The lowest BCUT2D eigenvalue weighted by Crippen LogP contribution is -2.36. The molecule has 0 unspecified atom stereocenters. The van der Waals surface area contributed by atoms with Gasteiger partial charge in [-0.25, -0.2) is 4.79 Å². The summed E-state index contributed by atoms with van der Waals surface area (Å²) in [6, 6.07) is 0. The second-order valence-electron chi connectivity index (χ2n) is 2.97. The molecule has 0 aliphatic carbocycles. The van der Waals surface area contributed by atoms with Crippen LogP contribution in [0.5, 0.6) is 0 Å². The summed E-state index contributed by atoms with van der Waals surface area (Å²) < 4.78 is 1.45. The Kier molecular flexibility index (Phi) is 3.40. The van der Waals surface area contributed by atoms with Gasteiger partial charge in [0.2, 0.25) is 0 Å². The first kappa shape index (κ1) is 11.2. The average molecular weight is 213 g/mol. The van der Waals surface area contributed by atoms with Gasteiger partial charge in [-0.1, -0.05) is 0 Å². The molecule has 7 nitrogen and oxygen atoms in total. The normalized spacial score (nSPS) is 12.1. The molecule has 1 amide bonds. The molecule has 0 saturated heterocycles. The summed E-state index contributed by atoms with van der Waals surface area (Å²) in [4.78, 5) is 21.6. The summed E-state index contributed by atoms with van der Waals surface area (Å²) in [5, 5.41) is 23.3. The number of aliphatic hydroxyl groups is 1. The minimum atomic E-state index is -1.59. The van der Waals surface area contributed by atoms with Crippen molar-refractivity contribution in [2.24, 2.45) is 7.05 Å². The largest absolute Gasteiger partial charge is 0.479 e. The Balaban J connectivity index is 2.47. The molecule has 0 aromatic carbocycles. The number of rotatable bonds is 4. The van der Waals surface area contributed by atoms with E-state index in [0.29, 0.717) is 5.56 Å². The van der Waals surface area contributed by atoms with E-state index in [-0.39, 0.29) is 6.54 Å². The number of hydrogen-bond donors (Lipinski definition) is 3. The number of amides is 1. The predicted octanol–water partition coefficient (Wildman–Crippen LogP) is -1.40. The van der Waals surface area contributed by atoms with Crippen molar-refractivity contribution in [1.29, 1.82) is 0 Å². The van der Waals surface area contributed by atoms with Crippen LogP contribution in [0.25, 0.3) is 0 Å². The Morgan fingerprint density at radius 1 is 1.67 bits per heavy atom. The Morgan fingerprint density at radius 2 is 2.33 bits per heavy atom. The van der Waals surface area contributed by atoms with E-state index < -0.39 is 18.0 Å². The lowest BCUT2D eigenvalue weighted by Gasteiger charge is -2.05. The summed E-state index contributed by atoms with van der Waals surface area (Å²) >= 11 is 0. The summed E-state index contributed by atoms with van der Waals surface area (Å²) in [5.41, 5.74) is 0.315. The number of hydrogen-bond acceptors (Lipinski definition) is 4. The number of carbonyl (C=O) groups is 2. The number of nitrogens with one attached hydrogen (secondary N) is 1. The fourth-order valence-corrected chi connectivity index (χ4v) is 0.917. The number of nitrogens with zero attached hydrogens (tertiary/aromatic N) is 2. The smallest absolute Gasteiger partial charge is 0.334 e. The SMILES string of the molecule is Cn1cc(C(=O)NC[C@H](O)C(=O)O)cn1. The highest BCUT2D eigenvalue weighted by Crippen LogP contribution is 1.95. The third-order valence-corrected chi connectivity index (χ3v) is 1.71. The second kappa shape index (κ2) is 4.56. The predicted molar refractivity (Wildman–Crippen MR) is 49.2 cm³/mol. The summed E-state index contributed by atoms with van der Waals surface area (Å²) in [7, 11) is 1.66. The minimum Gasteiger partial charge on any atom is -0.479 e. The minimum absolute atomic E-state index is 0.315. The third-order valence-electron chi connectivity index (χ3n) is 1.71. The molecule has 0 spiro atoms. The van der Waals surface area contributed by atoms with E-state index in [9.17, 15) is 9.59 Å². The quantitative estimate of drug-likeness (QED) is 0.570. The maximum atomic E-state index is 11.3. The van der Waals surface area contributed by atoms with Crippen LogP contribution in [0.15, 0.2) is 12.4 Å². The molecular formula is C8H11N3O4. The van der Waals surface area contributed by atoms with Gasteiger partial charge in [-0.15, -0.1) is 0 Å². The molecule has 0 saturated carbocycles. The monoisotopic (exact) mass is 213 g/mol. The van der Waals surface area contributed by atoms with E-state index in [2.05, 4.69) is 10.4 Å². The number of aryl methyl sites for hydroxylation is 1. The van der Waals surface area contributed by atoms with Crippen molar-refractivity contribution >= 4 is 11.9 Å². The van der Waals surface area contributed by atoms with E-state index in [1.54, 1.807) is 7.05 Å². The second-order valence-corrected chi connectivity index (χ2v) is 2.97. The van der Waals surface area contributed by atoms with Crippen molar-refractivity contribution in [3.05, 3.63) is 18.0 Å². The van der Waals surface area contributed by atoms with Crippen LogP contribution in [-0.2, 0) is 11.8 Å². The van der Waals surface area contributed by atoms with Crippen LogP contribution in [0.3, 0.4) is 0 Å². The Bertz CT molecular complexity index is 374. The van der Waals surface area contributed by atoms with Crippen molar-refractivity contribution in [2.75, 3.05) is 6.54 Å². The Hall–Kier alpha value is -1.89. The molecule has 7 heteroatoms. The number of carbonyl (C=O) groups excluding carboxylic acids is 1. The van der Waals surface area contributed by atoms with Gasteiger partial charge in [-0.05, 0) is 0 Å². The van der Waals surface area contributed by atoms with Crippen molar-refractivity contribution in [2.45, 2.75) is 6.10 Å². The van der Waals surface area contributed by atoms with Gasteiger partial charge >= 0.3 is 5.97 Å². The maximum absolute atomic E-state index is 11.3. The van der Waals surface area contributed by atoms with Gasteiger partial charge in [0.1, 0.15) is 0 Å². The number of carboxylic acid groups (broad SMARTS) is 1. The van der Waals surface area contributed by atoms with Gasteiger partial charge in [-0.3, -0.25) is 9.48 Å². The highest BCUT2D eigenvalue weighted by Gasteiger charge is 2.15. The Labute approximate surface area is 85.3 Å². The first-order valence-electron chi connectivity index (χ1n) is 4.18. The molecule has 1 atom stereocenters. The summed E-state index contributed by atoms with van der Waals surface area (Å²) in [6.45, 7) is -0.330. The first-order valence-corrected chi connectivity index (χ1v) is 4.18. The molecule has 0 fully saturated rings. The standard InChI is InChI=1S/C8H11N3O4/c1-11-4-5(2-10-11)7(13)9-3-6(12)8(14)15/h2,4,6,12H,3H2,1H3,(H,9,13)(H,14,15)/t6-/m0/s1. The summed E-state index contributed by atoms with van der Waals surface area (Å²) in [6.07, 6.45) is 1.25. The van der Waals surface area contributed by atoms with E-state index in [1.165, 1.54) is 17.1 Å². The molecule has 1 rings (SSSR count). The van der Waals surface area contributed by atoms with Crippen molar-refractivity contribution < 1.29 is 19.8 Å². The van der Waals surface area contributed by atoms with Crippen LogP contribution < -0.4 is 5.32 Å². The van der Waals surface area contributed by atoms with E-state index >= 15 is 0 Å². The zero-order chi connectivity index (χ0) is 11.4. The van der Waals surface area contributed by atoms with Gasteiger partial charge in [0.15, 0.2) is 6.10 Å². The fraction of sp³-hybridized carbons (Fsp3) is 0.375. The lowest BCUT2D eigenvalue weighted by molar-refractivity contribution is -0.146. The number of carboxylic acids is 1. The molecule has 3 N–H and O–H groups in total. The molecule has 1 aromatic heterocycles. The van der Waals surface area contributed by atoms with Crippen molar-refractivity contribution in [3.63, 3.8) is 0 Å². The van der Waals surface area contributed by atoms with Crippen LogP contribution >= 0.6 is 0 Å². The zero-order valence-electron chi connectivity index (χ0n) is 8.04. The van der Waals surface area contributed by atoms with Gasteiger partial charge in [0, 0.05) is 13.2 Å². The summed E-state index contributed by atoms with van der Waals surface area (Å²) in [5.74, 6) is -1.84. The molecule has 82 valence electrons. The molecular weight excluding hydrogens is 202 g/mol. The number of aromatic nitrogens is 2. The van der Waals surface area contributed by atoms with E-state index in [4.69, 9.17) is 10.2 Å². The number of aliphatic carboxylic acids is 1. The average Bonchev–Trinajstić information content (AvgIpc) is 2.60. The molecule has 0 aliphatic heterocycles. The van der Waals surface area contributed by atoms with Gasteiger partial charge < -0.3 is 15.5 Å². The lowest BCUT2D eigenvalue weighted by atomic mass is 10.3. The maximum Gasteiger partial charge on any atom is 0.334 e. The highest BCUT2D eigenvalue weighted by molar-refractivity contribution is 5.93. The van der Waals surface area contributed by atoms with Crippen molar-refractivity contribution in [3.8, 4) is 0 Å². The van der Waals surface area contributed by atoms with Crippen LogP contribution in [0, 0.1) is 0 Å². The van der Waals surface area contributed by atoms with Gasteiger partial charge in [0.05, 0.1) is 18.3 Å². The zero-order valence-corrected chi connectivity index (χ0v) is 8.04. The highest BCUT2D eigenvalue weighted by atomic mass is 16.4. The van der Waals surface area contributed by atoms with E-state index in [0.717, 1.165) is 0 Å². The third kappa shape index (κ3) is 3.06. The Morgan fingerprint density at radius 3 is 2.80 bits per heavy atom. The fourth-order valence-electron chi connectivity index (χ4n) is 0.917. The van der Waals surface area contributed by atoms with Crippen LogP contribution in [0.2, 0.25) is 0 Å². The van der Waals surface area contributed by atoms with E-state index in [1.807, 2.05) is 0 Å². The van der Waals surface area contributed by atoms with Crippen LogP contribution in [0.4, 0.5) is 0 Å². The van der Waals surface area contributed by atoms with Gasteiger partial charge in [0.25, 0.3) is 5.91 Å². The topological polar surface area (TPSA) is 104 Å². The molecule has 15 heavy (non-hydrogen) atoms. The molecule has 1 heterocycles. The van der Waals surface area contributed by atoms with Crippen LogP contribution in [-0.4, -0.2) is 44.5 Å². The molecule has 0 bridgehead atoms. The van der Waals surface area contributed by atoms with Gasteiger partial charge in [-0.2, -0.15) is 5.10 Å². The first-order chi connectivity index (χ1) is 7.00. The molecule has 1 aromatic rings. The molecule has 0 aliphatic rings. The van der Waals surface area contributed by atoms with Crippen molar-refractivity contribution in [1.82, 2.24) is 15.1 Å².